The van der Waals surface area contributed by atoms with Crippen LogP contribution in [0.1, 0.15) is 31.7 Å². The summed E-state index contributed by atoms with van der Waals surface area (Å²) in [5.74, 6) is 2.84. The van der Waals surface area contributed by atoms with Crippen molar-refractivity contribution in [2.24, 2.45) is 5.92 Å². The van der Waals surface area contributed by atoms with Crippen LogP contribution in [0, 0.1) is 12.8 Å². The largest absolute Gasteiger partial charge is 0.493 e. The van der Waals surface area contributed by atoms with Crippen molar-refractivity contribution in [2.75, 3.05) is 33.3 Å². The van der Waals surface area contributed by atoms with E-state index >= 15 is 0 Å². The Labute approximate surface area is 161 Å². The van der Waals surface area contributed by atoms with Crippen molar-refractivity contribution < 1.29 is 13.9 Å². The number of rotatable bonds is 8. The van der Waals surface area contributed by atoms with E-state index in [1.807, 2.05) is 49.9 Å². The van der Waals surface area contributed by atoms with Crippen LogP contribution in [0.3, 0.4) is 0 Å². The Kier molecular flexibility index (Phi) is 6.16. The predicted octanol–water partition coefficient (Wildman–Crippen LogP) is 3.35. The highest BCUT2D eigenvalue weighted by Gasteiger charge is 2.29. The standard InChI is InChI=1S/C21H29N3O3/c1-5-24-13-16(11-20(24)25)12-23(4)14-18-15(3)27-21(22-18)17-9-7-8-10-19(17)26-6-2/h7-10,16H,5-6,11-14H2,1-4H3/t16-/m1/s1. The van der Waals surface area contributed by atoms with Gasteiger partial charge in [0, 0.05) is 32.6 Å². The van der Waals surface area contributed by atoms with Crippen LogP contribution in [-0.2, 0) is 11.3 Å². The highest BCUT2D eigenvalue weighted by atomic mass is 16.5. The van der Waals surface area contributed by atoms with Gasteiger partial charge in [0.2, 0.25) is 11.8 Å². The third kappa shape index (κ3) is 4.50. The number of amides is 1. The molecule has 1 amide bonds. The highest BCUT2D eigenvalue weighted by molar-refractivity contribution is 5.78. The van der Waals surface area contributed by atoms with Crippen molar-refractivity contribution in [3.8, 4) is 17.2 Å². The van der Waals surface area contributed by atoms with Gasteiger partial charge in [0.05, 0.1) is 17.9 Å². The van der Waals surface area contributed by atoms with Gasteiger partial charge in [-0.3, -0.25) is 4.79 Å². The van der Waals surface area contributed by atoms with Gasteiger partial charge in [0.25, 0.3) is 0 Å². The van der Waals surface area contributed by atoms with Crippen LogP contribution >= 0.6 is 0 Å². The van der Waals surface area contributed by atoms with Crippen molar-refractivity contribution >= 4 is 5.91 Å². The SMILES string of the molecule is CCOc1ccccc1-c1nc(CN(C)C[C@H]2CC(=O)N(CC)C2)c(C)o1. The Hall–Kier alpha value is -2.34. The second-order valence-corrected chi connectivity index (χ2v) is 7.15. The summed E-state index contributed by atoms with van der Waals surface area (Å²) in [6.07, 6.45) is 0.642. The van der Waals surface area contributed by atoms with E-state index in [4.69, 9.17) is 14.1 Å². The number of aryl methyl sites for hydroxylation is 1. The zero-order valence-electron chi connectivity index (χ0n) is 16.7. The Morgan fingerprint density at radius 1 is 1.33 bits per heavy atom. The van der Waals surface area contributed by atoms with Crippen molar-refractivity contribution in [3.05, 3.63) is 35.7 Å². The minimum Gasteiger partial charge on any atom is -0.493 e. The quantitative estimate of drug-likeness (QED) is 0.712. The van der Waals surface area contributed by atoms with Gasteiger partial charge < -0.3 is 19.0 Å². The first-order chi connectivity index (χ1) is 13.0. The van der Waals surface area contributed by atoms with Crippen LogP contribution in [0.25, 0.3) is 11.5 Å². The molecule has 1 atom stereocenters. The predicted molar refractivity (Wildman–Crippen MR) is 105 cm³/mol. The number of benzene rings is 1. The van der Waals surface area contributed by atoms with Gasteiger partial charge >= 0.3 is 0 Å². The van der Waals surface area contributed by atoms with Crippen LogP contribution in [-0.4, -0.2) is 54.0 Å². The highest BCUT2D eigenvalue weighted by Crippen LogP contribution is 2.31. The van der Waals surface area contributed by atoms with E-state index in [1.54, 1.807) is 0 Å². The number of ether oxygens (including phenoxy) is 1. The lowest BCUT2D eigenvalue weighted by Crippen LogP contribution is -2.28. The van der Waals surface area contributed by atoms with Gasteiger partial charge in [0.1, 0.15) is 11.5 Å². The van der Waals surface area contributed by atoms with E-state index in [0.717, 1.165) is 42.4 Å². The average Bonchev–Trinajstić information content (AvgIpc) is 3.18. The van der Waals surface area contributed by atoms with Crippen LogP contribution in [0.4, 0.5) is 0 Å². The molecule has 1 saturated heterocycles. The third-order valence-electron chi connectivity index (χ3n) is 4.98. The molecule has 6 nitrogen and oxygen atoms in total. The number of carbonyl (C=O) groups is 1. The zero-order valence-corrected chi connectivity index (χ0v) is 16.7. The number of aromatic nitrogens is 1. The molecule has 0 bridgehead atoms. The molecule has 0 N–H and O–H groups in total. The molecule has 0 radical (unpaired) electrons. The lowest BCUT2D eigenvalue weighted by atomic mass is 10.1. The van der Waals surface area contributed by atoms with Gasteiger partial charge in [-0.25, -0.2) is 4.98 Å². The molecule has 2 heterocycles. The second-order valence-electron chi connectivity index (χ2n) is 7.15. The fourth-order valence-electron chi connectivity index (χ4n) is 3.66. The minimum absolute atomic E-state index is 0.267. The summed E-state index contributed by atoms with van der Waals surface area (Å²) in [6, 6.07) is 7.80. The molecule has 2 aromatic rings. The summed E-state index contributed by atoms with van der Waals surface area (Å²) < 4.78 is 11.6. The van der Waals surface area contributed by atoms with Gasteiger partial charge in [-0.15, -0.1) is 0 Å². The van der Waals surface area contributed by atoms with E-state index in [1.165, 1.54) is 0 Å². The van der Waals surface area contributed by atoms with Gasteiger partial charge in [-0.05, 0) is 45.9 Å². The molecule has 1 fully saturated rings. The third-order valence-corrected chi connectivity index (χ3v) is 4.98. The first-order valence-electron chi connectivity index (χ1n) is 9.66. The number of likely N-dealkylation sites (tertiary alicyclic amines) is 1. The number of hydrogen-bond donors (Lipinski definition) is 0. The summed E-state index contributed by atoms with van der Waals surface area (Å²) in [6.45, 7) is 9.76. The average molecular weight is 371 g/mol. The van der Waals surface area contributed by atoms with Crippen LogP contribution in [0.15, 0.2) is 28.7 Å². The maximum absolute atomic E-state index is 11.9. The van der Waals surface area contributed by atoms with Crippen molar-refractivity contribution in [2.45, 2.75) is 33.7 Å². The molecule has 1 aliphatic rings. The summed E-state index contributed by atoms with van der Waals surface area (Å²) >= 11 is 0. The molecule has 0 spiro atoms. The van der Waals surface area contributed by atoms with Crippen molar-refractivity contribution in [3.63, 3.8) is 0 Å². The summed E-state index contributed by atoms with van der Waals surface area (Å²) in [4.78, 5) is 20.8. The molecule has 146 valence electrons. The Balaban J connectivity index is 1.68. The monoisotopic (exact) mass is 371 g/mol. The topological polar surface area (TPSA) is 58.8 Å². The molecule has 0 unspecified atom stereocenters. The maximum Gasteiger partial charge on any atom is 0.230 e. The molecular formula is C21H29N3O3. The van der Waals surface area contributed by atoms with Gasteiger partial charge in [0.15, 0.2) is 0 Å². The molecule has 1 aliphatic heterocycles. The zero-order chi connectivity index (χ0) is 19.4. The molecule has 3 rings (SSSR count). The number of nitrogens with zero attached hydrogens (tertiary/aromatic N) is 3. The molecular weight excluding hydrogens is 342 g/mol. The number of para-hydroxylation sites is 1. The smallest absolute Gasteiger partial charge is 0.230 e. The molecule has 6 heteroatoms. The fraction of sp³-hybridized carbons (Fsp3) is 0.524. The lowest BCUT2D eigenvalue weighted by Gasteiger charge is -2.20. The molecule has 1 aromatic heterocycles. The van der Waals surface area contributed by atoms with E-state index in [9.17, 15) is 4.79 Å². The Morgan fingerprint density at radius 2 is 2.11 bits per heavy atom. The molecule has 1 aromatic carbocycles. The van der Waals surface area contributed by atoms with Crippen LogP contribution in [0.2, 0.25) is 0 Å². The van der Waals surface area contributed by atoms with E-state index in [2.05, 4.69) is 11.9 Å². The van der Waals surface area contributed by atoms with Crippen LogP contribution in [0.5, 0.6) is 5.75 Å². The van der Waals surface area contributed by atoms with Crippen LogP contribution < -0.4 is 4.74 Å². The maximum atomic E-state index is 11.9. The summed E-state index contributed by atoms with van der Waals surface area (Å²) in [5.41, 5.74) is 1.80. The minimum atomic E-state index is 0.267. The lowest BCUT2D eigenvalue weighted by molar-refractivity contribution is -0.127. The number of carbonyl (C=O) groups excluding carboxylic acids is 1. The Morgan fingerprint density at radius 3 is 2.81 bits per heavy atom. The van der Waals surface area contributed by atoms with E-state index in [0.29, 0.717) is 31.4 Å². The van der Waals surface area contributed by atoms with Crippen molar-refractivity contribution in [1.29, 1.82) is 0 Å². The van der Waals surface area contributed by atoms with E-state index < -0.39 is 0 Å². The molecule has 0 saturated carbocycles. The first kappa shape index (κ1) is 19.4. The first-order valence-corrected chi connectivity index (χ1v) is 9.66. The second kappa shape index (κ2) is 8.57. The summed E-state index contributed by atoms with van der Waals surface area (Å²) in [7, 11) is 2.07. The molecule has 27 heavy (non-hydrogen) atoms. The number of hydrogen-bond acceptors (Lipinski definition) is 5. The Bertz CT molecular complexity index is 787. The molecule has 0 aliphatic carbocycles. The fourth-order valence-corrected chi connectivity index (χ4v) is 3.66. The van der Waals surface area contributed by atoms with Crippen molar-refractivity contribution in [1.82, 2.24) is 14.8 Å². The summed E-state index contributed by atoms with van der Waals surface area (Å²) in [5, 5.41) is 0. The van der Waals surface area contributed by atoms with Gasteiger partial charge in [-0.2, -0.15) is 0 Å². The number of oxazole rings is 1. The van der Waals surface area contributed by atoms with E-state index in [-0.39, 0.29) is 5.91 Å². The normalized spacial score (nSPS) is 17.1. The van der Waals surface area contributed by atoms with Gasteiger partial charge in [-0.1, -0.05) is 12.1 Å².